The van der Waals surface area contributed by atoms with Gasteiger partial charge in [-0.25, -0.2) is 4.79 Å². The van der Waals surface area contributed by atoms with Crippen molar-refractivity contribution in [2.24, 2.45) is 5.41 Å². The molecule has 20 heavy (non-hydrogen) atoms. The first-order valence-electron chi connectivity index (χ1n) is 6.83. The molecule has 1 aromatic rings. The van der Waals surface area contributed by atoms with Crippen LogP contribution < -0.4 is 11.2 Å². The summed E-state index contributed by atoms with van der Waals surface area (Å²) < 4.78 is 6.31. The summed E-state index contributed by atoms with van der Waals surface area (Å²) in [5.41, 5.74) is -0.461. The molecule has 0 radical (unpaired) electrons. The van der Waals surface area contributed by atoms with Crippen LogP contribution in [0.25, 0.3) is 0 Å². The fourth-order valence-electron chi connectivity index (χ4n) is 2.08. The van der Waals surface area contributed by atoms with Crippen molar-refractivity contribution in [3.63, 3.8) is 0 Å². The first kappa shape index (κ1) is 17.0. The minimum atomic E-state index is -0.453. The van der Waals surface area contributed by atoms with Gasteiger partial charge >= 0.3 is 5.69 Å². The highest BCUT2D eigenvalue weighted by atomic mass is 35.5. The predicted molar refractivity (Wildman–Crippen MR) is 80.6 cm³/mol. The molecule has 0 aliphatic rings. The number of nitrogens with one attached hydrogen (secondary N) is 1. The molecular weight excluding hydrogens is 280 g/mol. The second kappa shape index (κ2) is 7.09. The van der Waals surface area contributed by atoms with Crippen LogP contribution in [0.4, 0.5) is 0 Å². The first-order chi connectivity index (χ1) is 9.32. The molecule has 114 valence electrons. The minimum absolute atomic E-state index is 0.160. The number of aromatic nitrogens is 2. The number of H-pyrrole nitrogens is 1. The quantitative estimate of drug-likeness (QED) is 0.785. The monoisotopic (exact) mass is 302 g/mol. The maximum Gasteiger partial charge on any atom is 0.329 e. The van der Waals surface area contributed by atoms with Crippen molar-refractivity contribution >= 4 is 11.6 Å². The van der Waals surface area contributed by atoms with E-state index in [4.69, 9.17) is 16.3 Å². The van der Waals surface area contributed by atoms with Gasteiger partial charge in [0.2, 0.25) is 0 Å². The molecule has 0 amide bonds. The Morgan fingerprint density at radius 1 is 1.35 bits per heavy atom. The van der Waals surface area contributed by atoms with Crippen LogP contribution in [0.5, 0.6) is 0 Å². The Bertz CT molecular complexity index is 561. The van der Waals surface area contributed by atoms with E-state index in [0.717, 1.165) is 12.8 Å². The summed E-state index contributed by atoms with van der Waals surface area (Å²) in [5, 5.41) is 0.160. The number of nitrogens with zero attached hydrogens (tertiary/aromatic N) is 1. The van der Waals surface area contributed by atoms with E-state index in [1.807, 2.05) is 20.8 Å². The van der Waals surface area contributed by atoms with E-state index in [0.29, 0.717) is 25.1 Å². The fourth-order valence-corrected chi connectivity index (χ4v) is 2.34. The molecule has 1 heterocycles. The van der Waals surface area contributed by atoms with Crippen molar-refractivity contribution in [1.82, 2.24) is 9.55 Å². The number of methoxy groups -OCH3 is 1. The van der Waals surface area contributed by atoms with Crippen LogP contribution in [-0.2, 0) is 17.7 Å². The normalized spacial score (nSPS) is 11.8. The first-order valence-corrected chi connectivity index (χ1v) is 7.20. The van der Waals surface area contributed by atoms with Crippen molar-refractivity contribution < 1.29 is 4.74 Å². The Morgan fingerprint density at radius 2 is 2.00 bits per heavy atom. The van der Waals surface area contributed by atoms with E-state index in [1.165, 1.54) is 4.57 Å². The molecule has 6 heteroatoms. The highest BCUT2D eigenvalue weighted by Gasteiger charge is 2.22. The molecule has 0 aliphatic carbocycles. The summed E-state index contributed by atoms with van der Waals surface area (Å²) >= 11 is 5.95. The zero-order valence-corrected chi connectivity index (χ0v) is 13.3. The molecule has 1 aromatic heterocycles. The van der Waals surface area contributed by atoms with Crippen molar-refractivity contribution in [3.05, 3.63) is 31.6 Å². The lowest BCUT2D eigenvalue weighted by atomic mass is 9.89. The van der Waals surface area contributed by atoms with Gasteiger partial charge in [-0.3, -0.25) is 14.3 Å². The van der Waals surface area contributed by atoms with Crippen LogP contribution in [0.3, 0.4) is 0 Å². The van der Waals surface area contributed by atoms with Crippen LogP contribution in [-0.4, -0.2) is 23.3 Å². The highest BCUT2D eigenvalue weighted by Crippen LogP contribution is 2.21. The van der Waals surface area contributed by atoms with Crippen molar-refractivity contribution in [2.45, 2.75) is 46.6 Å². The summed E-state index contributed by atoms with van der Waals surface area (Å²) in [7, 11) is 1.64. The van der Waals surface area contributed by atoms with Gasteiger partial charge in [0.05, 0.1) is 5.56 Å². The molecule has 0 bridgehead atoms. The van der Waals surface area contributed by atoms with Gasteiger partial charge in [-0.05, 0) is 18.3 Å². The van der Waals surface area contributed by atoms with Gasteiger partial charge in [-0.1, -0.05) is 38.8 Å². The molecule has 0 aliphatic heterocycles. The second-order valence-electron chi connectivity index (χ2n) is 5.77. The molecule has 0 atom stereocenters. The standard InChI is InChI=1S/C14H23ClN2O3/c1-5-6-10-11(15)16-13(19)17(12(10)18)9-14(2,3)7-8-20-4/h5-9H2,1-4H3,(H,16,19). The van der Waals surface area contributed by atoms with Crippen LogP contribution in [0.1, 0.15) is 39.2 Å². The summed E-state index contributed by atoms with van der Waals surface area (Å²) in [4.78, 5) is 26.9. The molecule has 0 saturated heterocycles. The SMILES string of the molecule is CCCc1c(Cl)[nH]c(=O)n(CC(C)(C)CCOC)c1=O. The minimum Gasteiger partial charge on any atom is -0.385 e. The number of rotatable bonds is 7. The smallest absolute Gasteiger partial charge is 0.329 e. The average molecular weight is 303 g/mol. The summed E-state index contributed by atoms with van der Waals surface area (Å²) in [6.45, 7) is 6.92. The number of hydrogen-bond acceptors (Lipinski definition) is 3. The van der Waals surface area contributed by atoms with Gasteiger partial charge in [0, 0.05) is 20.3 Å². The Morgan fingerprint density at radius 3 is 2.55 bits per heavy atom. The van der Waals surface area contributed by atoms with Crippen molar-refractivity contribution in [3.8, 4) is 0 Å². The highest BCUT2D eigenvalue weighted by molar-refractivity contribution is 6.30. The molecule has 1 N–H and O–H groups in total. The predicted octanol–water partition coefficient (Wildman–Crippen LogP) is 2.21. The lowest BCUT2D eigenvalue weighted by Crippen LogP contribution is -2.41. The fraction of sp³-hybridized carbons (Fsp3) is 0.714. The van der Waals surface area contributed by atoms with Crippen molar-refractivity contribution in [2.75, 3.05) is 13.7 Å². The molecule has 0 fully saturated rings. The van der Waals surface area contributed by atoms with Crippen LogP contribution in [0.15, 0.2) is 9.59 Å². The van der Waals surface area contributed by atoms with Crippen LogP contribution in [0, 0.1) is 5.41 Å². The summed E-state index contributed by atoms with van der Waals surface area (Å²) in [5.74, 6) is 0. The van der Waals surface area contributed by atoms with Gasteiger partial charge in [-0.15, -0.1) is 0 Å². The van der Waals surface area contributed by atoms with Gasteiger partial charge in [0.15, 0.2) is 0 Å². The average Bonchev–Trinajstić information content (AvgIpc) is 2.37. The van der Waals surface area contributed by atoms with E-state index in [2.05, 4.69) is 4.98 Å². The third-order valence-corrected chi connectivity index (χ3v) is 3.62. The Kier molecular flexibility index (Phi) is 6.02. The Labute approximate surface area is 123 Å². The second-order valence-corrected chi connectivity index (χ2v) is 6.15. The van der Waals surface area contributed by atoms with Crippen LogP contribution in [0.2, 0.25) is 5.15 Å². The zero-order valence-electron chi connectivity index (χ0n) is 12.6. The van der Waals surface area contributed by atoms with E-state index in [-0.39, 0.29) is 16.1 Å². The Hall–Kier alpha value is -1.07. The zero-order chi connectivity index (χ0) is 15.3. The van der Waals surface area contributed by atoms with E-state index in [9.17, 15) is 9.59 Å². The van der Waals surface area contributed by atoms with Gasteiger partial charge in [0.1, 0.15) is 5.15 Å². The van der Waals surface area contributed by atoms with Crippen molar-refractivity contribution in [1.29, 1.82) is 0 Å². The molecule has 0 unspecified atom stereocenters. The van der Waals surface area contributed by atoms with Gasteiger partial charge in [-0.2, -0.15) is 0 Å². The maximum absolute atomic E-state index is 12.4. The topological polar surface area (TPSA) is 64.1 Å². The molecule has 5 nitrogen and oxygen atoms in total. The number of aromatic amines is 1. The number of ether oxygens (including phenoxy) is 1. The molecule has 0 spiro atoms. The third-order valence-electron chi connectivity index (χ3n) is 3.30. The third kappa shape index (κ3) is 4.21. The molecule has 0 saturated carbocycles. The Balaban J connectivity index is 3.15. The molecule has 0 aromatic carbocycles. The van der Waals surface area contributed by atoms with E-state index < -0.39 is 5.69 Å². The van der Waals surface area contributed by atoms with E-state index >= 15 is 0 Å². The van der Waals surface area contributed by atoms with Gasteiger partial charge in [0.25, 0.3) is 5.56 Å². The summed E-state index contributed by atoms with van der Waals surface area (Å²) in [6.07, 6.45) is 2.13. The summed E-state index contributed by atoms with van der Waals surface area (Å²) in [6, 6.07) is 0. The van der Waals surface area contributed by atoms with Crippen LogP contribution >= 0.6 is 11.6 Å². The number of hydrogen-bond donors (Lipinski definition) is 1. The number of halogens is 1. The largest absolute Gasteiger partial charge is 0.385 e. The molecule has 1 rings (SSSR count). The lowest BCUT2D eigenvalue weighted by molar-refractivity contribution is 0.141. The maximum atomic E-state index is 12.4. The van der Waals surface area contributed by atoms with E-state index in [1.54, 1.807) is 7.11 Å². The molecular formula is C14H23ClN2O3. The lowest BCUT2D eigenvalue weighted by Gasteiger charge is -2.25. The van der Waals surface area contributed by atoms with Gasteiger partial charge < -0.3 is 4.74 Å².